The first kappa shape index (κ1) is 17.1. The van der Waals surface area contributed by atoms with Crippen molar-refractivity contribution >= 4 is 16.0 Å². The van der Waals surface area contributed by atoms with Crippen molar-refractivity contribution < 1.29 is 17.9 Å². The molecule has 0 aliphatic heterocycles. The van der Waals surface area contributed by atoms with Gasteiger partial charge in [-0.15, -0.1) is 0 Å². The van der Waals surface area contributed by atoms with E-state index in [4.69, 9.17) is 4.74 Å². The lowest BCUT2D eigenvalue weighted by atomic mass is 10.1. The number of benzene rings is 1. The molecule has 23 heavy (non-hydrogen) atoms. The van der Waals surface area contributed by atoms with Crippen LogP contribution in [0.5, 0.6) is 0 Å². The predicted molar refractivity (Wildman–Crippen MR) is 85.2 cm³/mol. The van der Waals surface area contributed by atoms with Crippen molar-refractivity contribution in [2.75, 3.05) is 7.11 Å². The molecule has 0 aliphatic rings. The summed E-state index contributed by atoms with van der Waals surface area (Å²) in [6, 6.07) is 8.83. The van der Waals surface area contributed by atoms with Crippen molar-refractivity contribution in [2.24, 2.45) is 0 Å². The monoisotopic (exact) mass is 334 g/mol. The van der Waals surface area contributed by atoms with Crippen LogP contribution in [0.2, 0.25) is 0 Å². The number of carbonyl (C=O) groups is 1. The fourth-order valence-electron chi connectivity index (χ4n) is 2.04. The topological polar surface area (TPSA) is 85.4 Å². The number of nitrogens with zero attached hydrogens (tertiary/aromatic N) is 1. The van der Waals surface area contributed by atoms with Gasteiger partial charge in [-0.05, 0) is 43.2 Å². The van der Waals surface area contributed by atoms with Gasteiger partial charge in [0.05, 0.1) is 12.0 Å². The van der Waals surface area contributed by atoms with Gasteiger partial charge in [-0.3, -0.25) is 9.78 Å². The van der Waals surface area contributed by atoms with Crippen LogP contribution in [0.1, 0.15) is 11.1 Å². The average molecular weight is 334 g/mol. The first-order valence-corrected chi connectivity index (χ1v) is 8.46. The van der Waals surface area contributed by atoms with Gasteiger partial charge in [0.25, 0.3) is 0 Å². The zero-order valence-corrected chi connectivity index (χ0v) is 13.7. The van der Waals surface area contributed by atoms with Gasteiger partial charge in [-0.2, -0.15) is 4.72 Å². The van der Waals surface area contributed by atoms with Crippen molar-refractivity contribution in [3.05, 3.63) is 59.9 Å². The minimum atomic E-state index is -3.82. The average Bonchev–Trinajstić information content (AvgIpc) is 2.54. The normalized spacial score (nSPS) is 12.6. The van der Waals surface area contributed by atoms with Gasteiger partial charge in [-0.25, -0.2) is 8.42 Å². The number of nitrogens with one attached hydrogen (secondary N) is 1. The molecule has 1 unspecified atom stereocenters. The summed E-state index contributed by atoms with van der Waals surface area (Å²) in [5, 5.41) is 0. The van der Waals surface area contributed by atoms with Crippen molar-refractivity contribution in [3.8, 4) is 0 Å². The Balaban J connectivity index is 2.23. The highest BCUT2D eigenvalue weighted by atomic mass is 32.2. The van der Waals surface area contributed by atoms with E-state index in [9.17, 15) is 13.2 Å². The molecule has 0 aliphatic carbocycles. The molecule has 0 amide bonds. The lowest BCUT2D eigenvalue weighted by molar-refractivity contribution is -0.142. The minimum absolute atomic E-state index is 0.103. The smallest absolute Gasteiger partial charge is 0.324 e. The van der Waals surface area contributed by atoms with Crippen LogP contribution in [0.25, 0.3) is 0 Å². The molecule has 0 radical (unpaired) electrons. The molecule has 6 nitrogen and oxygen atoms in total. The van der Waals surface area contributed by atoms with Crippen LogP contribution in [0.15, 0.2) is 53.7 Å². The number of rotatable bonds is 6. The Kier molecular flexibility index (Phi) is 5.46. The van der Waals surface area contributed by atoms with Crippen molar-refractivity contribution in [2.45, 2.75) is 24.3 Å². The SMILES string of the molecule is COC(=O)C(Cc1ccncc1)NS(=O)(=O)c1ccc(C)cc1. The molecule has 0 fully saturated rings. The molecule has 2 rings (SSSR count). The summed E-state index contributed by atoms with van der Waals surface area (Å²) in [7, 11) is -2.59. The number of esters is 1. The Hall–Kier alpha value is -2.25. The van der Waals surface area contributed by atoms with Crippen molar-refractivity contribution in [3.63, 3.8) is 0 Å². The number of aryl methyl sites for hydroxylation is 1. The molecule has 0 saturated carbocycles. The van der Waals surface area contributed by atoms with E-state index in [1.165, 1.54) is 19.2 Å². The standard InChI is InChI=1S/C16H18N2O4S/c1-12-3-5-14(6-4-12)23(20,21)18-15(16(19)22-2)11-13-7-9-17-10-8-13/h3-10,15,18H,11H2,1-2H3. The highest BCUT2D eigenvalue weighted by molar-refractivity contribution is 7.89. The molecule has 1 N–H and O–H groups in total. The van der Waals surface area contributed by atoms with E-state index < -0.39 is 22.0 Å². The number of sulfonamides is 1. The second kappa shape index (κ2) is 7.34. The number of hydrogen-bond donors (Lipinski definition) is 1. The lowest BCUT2D eigenvalue weighted by Crippen LogP contribution is -2.42. The molecule has 1 aromatic heterocycles. The first-order chi connectivity index (χ1) is 10.9. The van der Waals surface area contributed by atoms with E-state index in [1.807, 2.05) is 6.92 Å². The van der Waals surface area contributed by atoms with E-state index in [2.05, 4.69) is 9.71 Å². The molecule has 0 saturated heterocycles. The van der Waals surface area contributed by atoms with E-state index >= 15 is 0 Å². The third-order valence-electron chi connectivity index (χ3n) is 3.30. The largest absolute Gasteiger partial charge is 0.468 e. The Labute approximate surface area is 135 Å². The van der Waals surface area contributed by atoms with E-state index in [1.54, 1.807) is 36.7 Å². The Morgan fingerprint density at radius 3 is 2.35 bits per heavy atom. The molecule has 0 bridgehead atoms. The van der Waals surface area contributed by atoms with Crippen LogP contribution < -0.4 is 4.72 Å². The molecule has 7 heteroatoms. The molecule has 1 aromatic carbocycles. The van der Waals surface area contributed by atoms with Gasteiger partial charge >= 0.3 is 5.97 Å². The van der Waals surface area contributed by atoms with E-state index in [0.29, 0.717) is 0 Å². The molecular weight excluding hydrogens is 316 g/mol. The second-order valence-electron chi connectivity index (χ2n) is 5.07. The van der Waals surface area contributed by atoms with E-state index in [-0.39, 0.29) is 11.3 Å². The fraction of sp³-hybridized carbons (Fsp3) is 0.250. The minimum Gasteiger partial charge on any atom is -0.468 e. The summed E-state index contributed by atoms with van der Waals surface area (Å²) in [6.45, 7) is 1.87. The van der Waals surface area contributed by atoms with Crippen LogP contribution >= 0.6 is 0 Å². The zero-order valence-electron chi connectivity index (χ0n) is 12.9. The molecule has 122 valence electrons. The zero-order chi connectivity index (χ0) is 16.9. The highest BCUT2D eigenvalue weighted by Gasteiger charge is 2.26. The molecule has 2 aromatic rings. The number of carbonyl (C=O) groups excluding carboxylic acids is 1. The van der Waals surface area contributed by atoms with Crippen LogP contribution in [-0.2, 0) is 26.0 Å². The first-order valence-electron chi connectivity index (χ1n) is 6.98. The maximum atomic E-state index is 12.4. The van der Waals surface area contributed by atoms with Gasteiger partial charge in [0.2, 0.25) is 10.0 Å². The summed E-state index contributed by atoms with van der Waals surface area (Å²) < 4.78 is 32.0. The molecule has 0 spiro atoms. The quantitative estimate of drug-likeness (QED) is 0.808. The third-order valence-corrected chi connectivity index (χ3v) is 4.79. The summed E-state index contributed by atoms with van der Waals surface area (Å²) in [5.74, 6) is -0.641. The Morgan fingerprint density at radius 2 is 1.78 bits per heavy atom. The van der Waals surface area contributed by atoms with Gasteiger partial charge in [0.15, 0.2) is 0 Å². The van der Waals surface area contributed by atoms with E-state index in [0.717, 1.165) is 11.1 Å². The van der Waals surface area contributed by atoms with Crippen LogP contribution in [-0.4, -0.2) is 32.5 Å². The maximum absolute atomic E-state index is 12.4. The fourth-order valence-corrected chi connectivity index (χ4v) is 3.23. The van der Waals surface area contributed by atoms with Gasteiger partial charge in [0, 0.05) is 12.4 Å². The van der Waals surface area contributed by atoms with Crippen LogP contribution in [0.4, 0.5) is 0 Å². The Morgan fingerprint density at radius 1 is 1.17 bits per heavy atom. The molecule has 1 atom stereocenters. The summed E-state index contributed by atoms with van der Waals surface area (Å²) in [4.78, 5) is 15.9. The summed E-state index contributed by atoms with van der Waals surface area (Å²) in [6.07, 6.45) is 3.34. The molecule has 1 heterocycles. The number of ether oxygens (including phenoxy) is 1. The lowest BCUT2D eigenvalue weighted by Gasteiger charge is -2.16. The Bertz CT molecular complexity index is 758. The van der Waals surface area contributed by atoms with Crippen molar-refractivity contribution in [1.82, 2.24) is 9.71 Å². The van der Waals surface area contributed by atoms with Gasteiger partial charge in [0.1, 0.15) is 6.04 Å². The summed E-state index contributed by atoms with van der Waals surface area (Å²) in [5.41, 5.74) is 1.73. The molecular formula is C16H18N2O4S. The maximum Gasteiger partial charge on any atom is 0.324 e. The van der Waals surface area contributed by atoms with Crippen molar-refractivity contribution in [1.29, 1.82) is 0 Å². The number of aromatic nitrogens is 1. The van der Waals surface area contributed by atoms with Crippen LogP contribution in [0, 0.1) is 6.92 Å². The third kappa shape index (κ3) is 4.61. The van der Waals surface area contributed by atoms with Gasteiger partial charge < -0.3 is 4.74 Å². The highest BCUT2D eigenvalue weighted by Crippen LogP contribution is 2.12. The van der Waals surface area contributed by atoms with Gasteiger partial charge in [-0.1, -0.05) is 17.7 Å². The summed E-state index contributed by atoms with van der Waals surface area (Å²) >= 11 is 0. The number of pyridine rings is 1. The van der Waals surface area contributed by atoms with Crippen LogP contribution in [0.3, 0.4) is 0 Å². The number of hydrogen-bond acceptors (Lipinski definition) is 5. The number of methoxy groups -OCH3 is 1. The second-order valence-corrected chi connectivity index (χ2v) is 6.78. The predicted octanol–water partition coefficient (Wildman–Crippen LogP) is 1.45.